The molecule has 0 radical (unpaired) electrons. The highest BCUT2D eigenvalue weighted by molar-refractivity contribution is 6.74. The maximum Gasteiger partial charge on any atom is 0.256 e. The Bertz CT molecular complexity index is 855. The number of hydrogen-bond donors (Lipinski definition) is 0. The Morgan fingerprint density at radius 2 is 1.59 bits per heavy atom. The van der Waals surface area contributed by atoms with Crippen LogP contribution < -0.4 is 4.90 Å². The minimum absolute atomic E-state index is 0.00439. The Morgan fingerprint density at radius 3 is 2.14 bits per heavy atom. The van der Waals surface area contributed by atoms with Gasteiger partial charge in [-0.05, 0) is 48.7 Å². The van der Waals surface area contributed by atoms with Crippen LogP contribution in [0.2, 0.25) is 18.1 Å². The highest BCUT2D eigenvalue weighted by Gasteiger charge is 2.49. The number of anilines is 1. The van der Waals surface area contributed by atoms with Gasteiger partial charge in [0.1, 0.15) is 0 Å². The molecule has 0 bridgehead atoms. The van der Waals surface area contributed by atoms with E-state index in [1.54, 1.807) is 0 Å². The molecule has 0 aromatic heterocycles. The molecular weight excluding hydrogens is 374 g/mol. The molecule has 0 spiro atoms. The van der Waals surface area contributed by atoms with Gasteiger partial charge in [-0.2, -0.15) is 0 Å². The van der Waals surface area contributed by atoms with Crippen molar-refractivity contribution in [1.29, 1.82) is 0 Å². The second-order valence-electron chi connectivity index (χ2n) is 9.42. The average molecular weight is 408 g/mol. The summed E-state index contributed by atoms with van der Waals surface area (Å²) >= 11 is 0. The summed E-state index contributed by atoms with van der Waals surface area (Å²) in [6.45, 7) is 15.4. The maximum atomic E-state index is 12.7. The van der Waals surface area contributed by atoms with Crippen LogP contribution in [0.1, 0.15) is 32.8 Å². The molecule has 1 aliphatic heterocycles. The Kier molecular flexibility index (Phi) is 6.15. The maximum absolute atomic E-state index is 12.7. The van der Waals surface area contributed by atoms with E-state index in [2.05, 4.69) is 64.7 Å². The first-order valence-corrected chi connectivity index (χ1v) is 13.3. The van der Waals surface area contributed by atoms with Crippen molar-refractivity contribution in [3.63, 3.8) is 0 Å². The summed E-state index contributed by atoms with van der Waals surface area (Å²) < 4.78 is 6.88. The zero-order chi connectivity index (χ0) is 21.2. The molecule has 29 heavy (non-hydrogen) atoms. The third-order valence-corrected chi connectivity index (χ3v) is 10.8. The number of nitrogens with zero attached hydrogens (tertiary/aromatic N) is 1. The van der Waals surface area contributed by atoms with Crippen molar-refractivity contribution in [1.82, 2.24) is 0 Å². The van der Waals surface area contributed by atoms with E-state index in [1.807, 2.05) is 41.3 Å². The molecule has 0 aliphatic carbocycles. The van der Waals surface area contributed by atoms with Crippen LogP contribution in [0, 0.1) is 0 Å². The van der Waals surface area contributed by atoms with Crippen LogP contribution in [-0.2, 0) is 15.6 Å². The van der Waals surface area contributed by atoms with Crippen LogP contribution in [0.3, 0.4) is 0 Å². The largest absolute Gasteiger partial charge is 0.411 e. The Labute approximate surface area is 176 Å². The lowest BCUT2D eigenvalue weighted by Crippen LogP contribution is -2.63. The Hall–Kier alpha value is -2.17. The minimum Gasteiger partial charge on any atom is -0.411 e. The topological polar surface area (TPSA) is 29.5 Å². The fourth-order valence-electron chi connectivity index (χ4n) is 3.54. The quantitative estimate of drug-likeness (QED) is 0.321. The van der Waals surface area contributed by atoms with E-state index in [4.69, 9.17) is 4.43 Å². The van der Waals surface area contributed by atoms with Gasteiger partial charge < -0.3 is 4.43 Å². The van der Waals surface area contributed by atoms with Gasteiger partial charge in [-0.25, -0.2) is 0 Å². The lowest BCUT2D eigenvalue weighted by Gasteiger charge is -2.49. The van der Waals surface area contributed by atoms with Crippen LogP contribution in [0.5, 0.6) is 0 Å². The normalized spacial score (nSPS) is 18.5. The highest BCUT2D eigenvalue weighted by Crippen LogP contribution is 2.41. The van der Waals surface area contributed by atoms with Crippen LogP contribution in [-0.4, -0.2) is 26.4 Å². The summed E-state index contributed by atoms with van der Waals surface area (Å²) in [5.74, 6) is 0.00439. The van der Waals surface area contributed by atoms with Crippen molar-refractivity contribution in [3.05, 3.63) is 78.4 Å². The lowest BCUT2D eigenvalue weighted by molar-refractivity contribution is -0.120. The van der Waals surface area contributed by atoms with Crippen molar-refractivity contribution in [2.24, 2.45) is 0 Å². The molecule has 0 saturated carbocycles. The second kappa shape index (κ2) is 8.29. The van der Waals surface area contributed by atoms with Crippen LogP contribution in [0.25, 0.3) is 0 Å². The molecular formula is C25H33NO2Si. The molecule has 1 aliphatic rings. The van der Waals surface area contributed by atoms with Crippen LogP contribution >= 0.6 is 0 Å². The van der Waals surface area contributed by atoms with Gasteiger partial charge in [0.2, 0.25) is 0 Å². The number of β-lactam (4-membered cyclic amide) rings is 1. The van der Waals surface area contributed by atoms with E-state index in [9.17, 15) is 4.79 Å². The van der Waals surface area contributed by atoms with Crippen molar-refractivity contribution in [3.8, 4) is 0 Å². The van der Waals surface area contributed by atoms with E-state index < -0.39 is 8.32 Å². The predicted octanol–water partition coefficient (Wildman–Crippen LogP) is 5.98. The van der Waals surface area contributed by atoms with Crippen molar-refractivity contribution >= 4 is 19.9 Å². The van der Waals surface area contributed by atoms with Crippen molar-refractivity contribution in [2.45, 2.75) is 63.9 Å². The number of carbonyl (C=O) groups excluding carboxylic acids is 1. The van der Waals surface area contributed by atoms with Gasteiger partial charge in [0.25, 0.3) is 5.91 Å². The van der Waals surface area contributed by atoms with E-state index in [0.717, 1.165) is 18.5 Å². The first kappa shape index (κ1) is 21.5. The molecule has 0 unspecified atom stereocenters. The number of aryl methyl sites for hydroxylation is 1. The van der Waals surface area contributed by atoms with Gasteiger partial charge in [-0.1, -0.05) is 75.9 Å². The molecule has 154 valence electrons. The molecule has 2 aromatic carbocycles. The average Bonchev–Trinajstić information content (AvgIpc) is 2.69. The van der Waals surface area contributed by atoms with Gasteiger partial charge in [-0.3, -0.25) is 9.69 Å². The lowest BCUT2D eigenvalue weighted by atomic mass is 9.87. The zero-order valence-corrected chi connectivity index (χ0v) is 19.3. The third-order valence-electron chi connectivity index (χ3n) is 6.33. The second-order valence-corrected chi connectivity index (χ2v) is 14.2. The number of benzene rings is 2. The molecule has 0 N–H and O–H groups in total. The first-order valence-electron chi connectivity index (χ1n) is 10.4. The summed E-state index contributed by atoms with van der Waals surface area (Å²) in [6, 6.07) is 20.2. The number of para-hydroxylation sites is 1. The molecule has 1 fully saturated rings. The fourth-order valence-corrected chi connectivity index (χ4v) is 4.90. The monoisotopic (exact) mass is 407 g/mol. The van der Waals surface area contributed by atoms with Gasteiger partial charge in [0, 0.05) is 11.3 Å². The number of hydrogen-bond acceptors (Lipinski definition) is 2. The number of amides is 1. The molecule has 1 amide bonds. The van der Waals surface area contributed by atoms with E-state index in [0.29, 0.717) is 5.57 Å². The number of rotatable bonds is 7. The molecule has 1 saturated heterocycles. The first-order chi connectivity index (χ1) is 13.6. The predicted molar refractivity (Wildman–Crippen MR) is 124 cm³/mol. The van der Waals surface area contributed by atoms with Gasteiger partial charge >= 0.3 is 0 Å². The molecule has 1 heterocycles. The Balaban J connectivity index is 1.88. The molecule has 2 aromatic rings. The summed E-state index contributed by atoms with van der Waals surface area (Å²) in [4.78, 5) is 14.6. The van der Waals surface area contributed by atoms with E-state index in [1.165, 1.54) is 5.56 Å². The van der Waals surface area contributed by atoms with E-state index >= 15 is 0 Å². The van der Waals surface area contributed by atoms with Crippen molar-refractivity contribution in [2.75, 3.05) is 4.90 Å². The fraction of sp³-hybridized carbons (Fsp3) is 0.400. The highest BCUT2D eigenvalue weighted by atomic mass is 28.4. The SMILES string of the molecule is C=C1C(=O)N(c2ccccc2)[C@@H]1[C@@H](CCc1ccccc1)O[Si](C)(C)C(C)(C)C. The molecule has 3 rings (SSSR count). The van der Waals surface area contributed by atoms with Crippen LogP contribution in [0.4, 0.5) is 5.69 Å². The van der Waals surface area contributed by atoms with Gasteiger partial charge in [0.05, 0.1) is 12.1 Å². The summed E-state index contributed by atoms with van der Waals surface area (Å²) in [5.41, 5.74) is 2.86. The standard InChI is InChI=1S/C25H33NO2Si/c1-19-23(26(24(19)27)21-15-11-8-12-16-21)22(28-29(5,6)25(2,3)4)18-17-20-13-9-7-10-14-20/h7-16,22-23H,1,17-18H2,2-6H3/t22-,23+/m1/s1. The van der Waals surface area contributed by atoms with Gasteiger partial charge in [0.15, 0.2) is 8.32 Å². The Morgan fingerprint density at radius 1 is 1.03 bits per heavy atom. The van der Waals surface area contributed by atoms with Crippen LogP contribution in [0.15, 0.2) is 72.8 Å². The summed E-state index contributed by atoms with van der Waals surface area (Å²) in [7, 11) is -2.01. The summed E-state index contributed by atoms with van der Waals surface area (Å²) in [6.07, 6.45) is 1.71. The number of carbonyl (C=O) groups is 1. The molecule has 2 atom stereocenters. The third kappa shape index (κ3) is 4.54. The minimum atomic E-state index is -2.01. The zero-order valence-electron chi connectivity index (χ0n) is 18.3. The molecule has 3 nitrogen and oxygen atoms in total. The smallest absolute Gasteiger partial charge is 0.256 e. The van der Waals surface area contributed by atoms with Gasteiger partial charge in [-0.15, -0.1) is 0 Å². The van der Waals surface area contributed by atoms with E-state index in [-0.39, 0.29) is 23.1 Å². The summed E-state index contributed by atoms with van der Waals surface area (Å²) in [5, 5.41) is 0.102. The van der Waals surface area contributed by atoms with Crippen molar-refractivity contribution < 1.29 is 9.22 Å². The molecule has 4 heteroatoms.